The third-order valence-corrected chi connectivity index (χ3v) is 3.38. The molecule has 2 heterocycles. The van der Waals surface area contributed by atoms with Crippen molar-refractivity contribution in [1.29, 1.82) is 0 Å². The Morgan fingerprint density at radius 1 is 1.37 bits per heavy atom. The Hall–Kier alpha value is -2.01. The van der Waals surface area contributed by atoms with Gasteiger partial charge >= 0.3 is 0 Å². The molecule has 3 rings (SSSR count). The highest BCUT2D eigenvalue weighted by Gasteiger charge is 2.16. The van der Waals surface area contributed by atoms with Gasteiger partial charge < -0.3 is 20.5 Å². The van der Waals surface area contributed by atoms with Gasteiger partial charge in [-0.15, -0.1) is 0 Å². The number of aromatic nitrogens is 1. The van der Waals surface area contributed by atoms with Crippen LogP contribution in [0.3, 0.4) is 0 Å². The fourth-order valence-corrected chi connectivity index (χ4v) is 2.20. The normalized spacial score (nSPS) is 14.6. The number of pyridine rings is 1. The molecule has 0 aliphatic carbocycles. The molecule has 1 aliphatic heterocycles. The van der Waals surface area contributed by atoms with Gasteiger partial charge in [0.05, 0.1) is 0 Å². The molecular formula is C14H17N3O2. The van der Waals surface area contributed by atoms with Crippen LogP contribution in [-0.4, -0.2) is 24.4 Å². The highest BCUT2D eigenvalue weighted by Crippen LogP contribution is 2.37. The van der Waals surface area contributed by atoms with Crippen LogP contribution in [0.4, 0.5) is 5.82 Å². The van der Waals surface area contributed by atoms with E-state index in [4.69, 9.17) is 15.2 Å². The molecule has 0 saturated heterocycles. The molecule has 0 spiro atoms. The van der Waals surface area contributed by atoms with Crippen molar-refractivity contribution >= 4 is 16.6 Å². The summed E-state index contributed by atoms with van der Waals surface area (Å²) in [6.07, 6.45) is 2.75. The fraction of sp³-hybridized carbons (Fsp3) is 0.357. The Morgan fingerprint density at radius 3 is 2.89 bits per heavy atom. The number of nitrogens with one attached hydrogen (secondary N) is 1. The molecule has 0 radical (unpaired) electrons. The van der Waals surface area contributed by atoms with Crippen LogP contribution >= 0.6 is 0 Å². The molecular weight excluding hydrogens is 242 g/mol. The van der Waals surface area contributed by atoms with Crippen LogP contribution < -0.4 is 20.5 Å². The lowest BCUT2D eigenvalue weighted by Gasteiger charge is -2.16. The van der Waals surface area contributed by atoms with Gasteiger partial charge in [0.1, 0.15) is 5.82 Å². The number of nitrogens with zero attached hydrogens (tertiary/aromatic N) is 1. The van der Waals surface area contributed by atoms with E-state index >= 15 is 0 Å². The van der Waals surface area contributed by atoms with Crippen molar-refractivity contribution in [3.8, 4) is 11.5 Å². The maximum absolute atomic E-state index is 5.73. The monoisotopic (exact) mass is 259 g/mol. The third-order valence-electron chi connectivity index (χ3n) is 3.38. The molecule has 100 valence electrons. The van der Waals surface area contributed by atoms with E-state index in [0.29, 0.717) is 6.54 Å². The zero-order chi connectivity index (χ0) is 13.2. The van der Waals surface area contributed by atoms with Crippen LogP contribution in [0.15, 0.2) is 24.4 Å². The van der Waals surface area contributed by atoms with Gasteiger partial charge in [-0.25, -0.2) is 4.98 Å². The maximum atomic E-state index is 5.73. The second kappa shape index (κ2) is 4.93. The van der Waals surface area contributed by atoms with E-state index in [1.54, 1.807) is 6.20 Å². The van der Waals surface area contributed by atoms with Crippen molar-refractivity contribution in [3.05, 3.63) is 24.4 Å². The first kappa shape index (κ1) is 12.0. The first-order valence-corrected chi connectivity index (χ1v) is 6.46. The lowest BCUT2D eigenvalue weighted by molar-refractivity contribution is 0.174. The molecule has 0 fully saturated rings. The number of hydrogen-bond donors (Lipinski definition) is 2. The minimum Gasteiger partial charge on any atom is -0.454 e. The molecule has 0 bridgehead atoms. The summed E-state index contributed by atoms with van der Waals surface area (Å²) in [7, 11) is 0. The Bertz CT molecular complexity index is 597. The van der Waals surface area contributed by atoms with Gasteiger partial charge in [0.2, 0.25) is 6.79 Å². The standard InChI is InChI=1S/C14H17N3O2/c1-2-10(7-15)17-14-11-6-13-12(18-8-19-13)5-9(11)3-4-16-14/h3-6,10H,2,7-8,15H2,1H3,(H,16,17). The molecule has 1 aliphatic rings. The van der Waals surface area contributed by atoms with Gasteiger partial charge in [0.15, 0.2) is 11.5 Å². The highest BCUT2D eigenvalue weighted by atomic mass is 16.7. The Labute approximate surface area is 111 Å². The smallest absolute Gasteiger partial charge is 0.231 e. The summed E-state index contributed by atoms with van der Waals surface area (Å²) < 4.78 is 10.8. The minimum atomic E-state index is 0.225. The van der Waals surface area contributed by atoms with E-state index < -0.39 is 0 Å². The highest BCUT2D eigenvalue weighted by molar-refractivity contribution is 5.94. The zero-order valence-corrected chi connectivity index (χ0v) is 10.8. The number of hydrogen-bond acceptors (Lipinski definition) is 5. The summed E-state index contributed by atoms with van der Waals surface area (Å²) in [5, 5.41) is 5.48. The van der Waals surface area contributed by atoms with Crippen molar-refractivity contribution < 1.29 is 9.47 Å². The van der Waals surface area contributed by atoms with Crippen LogP contribution in [0.25, 0.3) is 10.8 Å². The predicted molar refractivity (Wildman–Crippen MR) is 74.6 cm³/mol. The molecule has 1 aromatic carbocycles. The van der Waals surface area contributed by atoms with E-state index in [9.17, 15) is 0 Å². The van der Waals surface area contributed by atoms with Gasteiger partial charge in [-0.05, 0) is 30.0 Å². The van der Waals surface area contributed by atoms with E-state index in [1.807, 2.05) is 18.2 Å². The molecule has 1 unspecified atom stereocenters. The second-order valence-corrected chi connectivity index (χ2v) is 4.57. The topological polar surface area (TPSA) is 69.4 Å². The fourth-order valence-electron chi connectivity index (χ4n) is 2.20. The number of rotatable bonds is 4. The van der Waals surface area contributed by atoms with E-state index in [1.165, 1.54) is 0 Å². The average Bonchev–Trinajstić information content (AvgIpc) is 2.89. The van der Waals surface area contributed by atoms with Crippen LogP contribution in [0.5, 0.6) is 11.5 Å². The number of fused-ring (bicyclic) bond motifs is 2. The Kier molecular flexibility index (Phi) is 3.13. The third kappa shape index (κ3) is 2.17. The molecule has 3 N–H and O–H groups in total. The van der Waals surface area contributed by atoms with Crippen molar-refractivity contribution in [3.63, 3.8) is 0 Å². The molecule has 0 saturated carbocycles. The lowest BCUT2D eigenvalue weighted by Crippen LogP contribution is -2.28. The summed E-state index contributed by atoms with van der Waals surface area (Å²) in [6.45, 7) is 2.96. The summed E-state index contributed by atoms with van der Waals surface area (Å²) in [4.78, 5) is 4.41. The van der Waals surface area contributed by atoms with E-state index in [2.05, 4.69) is 17.2 Å². The Morgan fingerprint density at radius 2 is 2.16 bits per heavy atom. The van der Waals surface area contributed by atoms with Crippen molar-refractivity contribution in [1.82, 2.24) is 4.98 Å². The SMILES string of the molecule is CCC(CN)Nc1nccc2cc3c(cc12)OCO3. The van der Waals surface area contributed by atoms with Gasteiger partial charge in [0, 0.05) is 24.2 Å². The van der Waals surface area contributed by atoms with E-state index in [-0.39, 0.29) is 12.8 Å². The van der Waals surface area contributed by atoms with Gasteiger partial charge in [0.25, 0.3) is 0 Å². The molecule has 1 aromatic heterocycles. The maximum Gasteiger partial charge on any atom is 0.231 e. The summed E-state index contributed by atoms with van der Waals surface area (Å²) in [5.41, 5.74) is 5.73. The van der Waals surface area contributed by atoms with Gasteiger partial charge in [-0.3, -0.25) is 0 Å². The van der Waals surface area contributed by atoms with E-state index in [0.717, 1.165) is 34.5 Å². The van der Waals surface area contributed by atoms with Crippen molar-refractivity contribution in [2.75, 3.05) is 18.7 Å². The van der Waals surface area contributed by atoms with Crippen LogP contribution in [0, 0.1) is 0 Å². The van der Waals surface area contributed by atoms with Crippen molar-refractivity contribution in [2.24, 2.45) is 5.73 Å². The average molecular weight is 259 g/mol. The van der Waals surface area contributed by atoms with Gasteiger partial charge in [-0.2, -0.15) is 0 Å². The van der Waals surface area contributed by atoms with Crippen molar-refractivity contribution in [2.45, 2.75) is 19.4 Å². The molecule has 5 heteroatoms. The summed E-state index contributed by atoms with van der Waals surface area (Å²) in [5.74, 6) is 2.40. The lowest BCUT2D eigenvalue weighted by atomic mass is 10.1. The number of ether oxygens (including phenoxy) is 2. The second-order valence-electron chi connectivity index (χ2n) is 4.57. The minimum absolute atomic E-state index is 0.225. The Balaban J connectivity index is 2.04. The molecule has 2 aromatic rings. The number of anilines is 1. The van der Waals surface area contributed by atoms with Gasteiger partial charge in [-0.1, -0.05) is 6.92 Å². The van der Waals surface area contributed by atoms with Crippen LogP contribution in [0.2, 0.25) is 0 Å². The van der Waals surface area contributed by atoms with Crippen LogP contribution in [0.1, 0.15) is 13.3 Å². The summed E-state index contributed by atoms with van der Waals surface area (Å²) in [6, 6.07) is 6.14. The molecule has 1 atom stereocenters. The number of nitrogens with two attached hydrogens (primary N) is 1. The zero-order valence-electron chi connectivity index (χ0n) is 10.8. The first-order chi connectivity index (χ1) is 9.31. The summed E-state index contributed by atoms with van der Waals surface area (Å²) >= 11 is 0. The van der Waals surface area contributed by atoms with Crippen LogP contribution in [-0.2, 0) is 0 Å². The molecule has 0 amide bonds. The predicted octanol–water partition coefficient (Wildman–Crippen LogP) is 2.11. The molecule has 19 heavy (non-hydrogen) atoms. The quantitative estimate of drug-likeness (QED) is 0.880. The molecule has 5 nitrogen and oxygen atoms in total. The number of benzene rings is 1. The largest absolute Gasteiger partial charge is 0.454 e. The first-order valence-electron chi connectivity index (χ1n) is 6.46.